The van der Waals surface area contributed by atoms with Crippen LogP contribution in [0.4, 0.5) is 0 Å². The van der Waals surface area contributed by atoms with Crippen molar-refractivity contribution in [2.75, 3.05) is 0 Å². The Morgan fingerprint density at radius 3 is 0.607 bits per heavy atom. The molecule has 2 aromatic heterocycles. The molecule has 0 aliphatic carbocycles. The Morgan fingerprint density at radius 2 is 0.571 bits per heavy atom. The van der Waals surface area contributed by atoms with Gasteiger partial charge in [-0.2, -0.15) is 0 Å². The van der Waals surface area contributed by atoms with E-state index in [0.29, 0.717) is 0 Å². The zero-order valence-electron chi connectivity index (χ0n) is 18.0. The van der Waals surface area contributed by atoms with Crippen molar-refractivity contribution in [3.8, 4) is 0 Å². The molecule has 0 aromatic carbocycles. The van der Waals surface area contributed by atoms with Gasteiger partial charge in [-0.1, -0.05) is 0 Å². The van der Waals surface area contributed by atoms with Gasteiger partial charge in [0.1, 0.15) is 20.4 Å². The molecule has 28 heavy (non-hydrogen) atoms. The van der Waals surface area contributed by atoms with Gasteiger partial charge in [0.05, 0.1) is 0 Å². The van der Waals surface area contributed by atoms with Crippen molar-refractivity contribution < 1.29 is 57.7 Å². The summed E-state index contributed by atoms with van der Waals surface area (Å²) in [6.45, 7) is 23.8. The molecule has 2 rings (SSSR count). The van der Waals surface area contributed by atoms with Crippen LogP contribution in [-0.4, -0.2) is 20.4 Å². The van der Waals surface area contributed by atoms with Crippen molar-refractivity contribution in [2.45, 2.75) is 55.4 Å². The minimum atomic E-state index is 0. The zero-order chi connectivity index (χ0) is 20.0. The largest absolute Gasteiger partial charge is 0.307 e. The van der Waals surface area contributed by atoms with Gasteiger partial charge in [0.2, 0.25) is 0 Å². The van der Waals surface area contributed by atoms with Crippen molar-refractivity contribution in [1.82, 2.24) is 0 Å². The van der Waals surface area contributed by atoms with Crippen molar-refractivity contribution in [3.05, 3.63) is 43.4 Å². The van der Waals surface area contributed by atoms with Crippen LogP contribution in [0.3, 0.4) is 0 Å². The van der Waals surface area contributed by atoms with E-state index in [0.717, 1.165) is 16.4 Å². The molecule has 0 saturated carbocycles. The second-order valence-corrected chi connectivity index (χ2v) is 8.75. The molecule has 0 bridgehead atoms. The summed E-state index contributed by atoms with van der Waals surface area (Å²) in [4.78, 5) is 24.0. The van der Waals surface area contributed by atoms with E-state index < -0.39 is 0 Å². The normalized spacial score (nSPS) is 7.00. The summed E-state index contributed by atoms with van der Waals surface area (Å²) in [7, 11) is 1.95. The van der Waals surface area contributed by atoms with Crippen LogP contribution in [0.15, 0.2) is 0 Å². The predicted octanol–water partition coefficient (Wildman–Crippen LogP) is 6.19. The fourth-order valence-electron chi connectivity index (χ4n) is 2.06. The summed E-state index contributed by atoms with van der Waals surface area (Å²) in [6, 6.07) is 0. The van der Waals surface area contributed by atoms with E-state index in [1.807, 2.05) is 20.4 Å². The number of rotatable bonds is 0. The molecular formula is C19H34Cl2FeO3P2Zr. The van der Waals surface area contributed by atoms with Gasteiger partial charge in [0.25, 0.3) is 0 Å². The third-order valence-electron chi connectivity index (χ3n) is 4.12. The van der Waals surface area contributed by atoms with Crippen LogP contribution in [0, 0.1) is 55.4 Å². The number of aryl methyl sites for hydroxylation is 4. The first-order valence-electron chi connectivity index (χ1n) is 7.37. The SMILES string of the molecule is C=O.C=O.C=O.Cc1[pH]c(C)c(C)c1C.Cc1[pH]c(C)c(C)c1C.Cl.Cl.[Fe].[Zr]. The summed E-state index contributed by atoms with van der Waals surface area (Å²) >= 11 is 0. The topological polar surface area (TPSA) is 51.2 Å². The fraction of sp³-hybridized carbons (Fsp3) is 0.421. The second-order valence-electron chi connectivity index (χ2n) is 5.25. The van der Waals surface area contributed by atoms with E-state index in [4.69, 9.17) is 14.4 Å². The molecule has 0 aliphatic heterocycles. The number of halogens is 2. The van der Waals surface area contributed by atoms with Gasteiger partial charge in [0, 0.05) is 43.3 Å². The smallest absolute Gasteiger partial charge is 0.106 e. The van der Waals surface area contributed by atoms with E-state index in [-0.39, 0.29) is 68.1 Å². The predicted molar refractivity (Wildman–Crippen MR) is 126 cm³/mol. The van der Waals surface area contributed by atoms with E-state index in [2.05, 4.69) is 55.4 Å². The number of hydrogen-bond donors (Lipinski definition) is 0. The average Bonchev–Trinajstić information content (AvgIpc) is 2.97. The number of carbonyl (C=O) groups is 3. The van der Waals surface area contributed by atoms with Gasteiger partial charge in [-0.3, -0.25) is 0 Å². The van der Waals surface area contributed by atoms with Gasteiger partial charge in [0.15, 0.2) is 0 Å². The third-order valence-corrected chi connectivity index (χ3v) is 7.12. The van der Waals surface area contributed by atoms with E-state index in [1.165, 1.54) is 22.3 Å². The van der Waals surface area contributed by atoms with Gasteiger partial charge >= 0.3 is 0 Å². The fourth-order valence-corrected chi connectivity index (χ4v) is 4.69. The van der Waals surface area contributed by atoms with Gasteiger partial charge < -0.3 is 14.4 Å². The molecule has 0 spiro atoms. The molecule has 2 aromatic rings. The molecule has 0 N–H and O–H groups in total. The molecule has 0 saturated heterocycles. The number of hydrogen-bond acceptors (Lipinski definition) is 3. The molecule has 0 fully saturated rings. The number of carbonyl (C=O) groups excluding carboxylic acids is 3. The summed E-state index contributed by atoms with van der Waals surface area (Å²) < 4.78 is 0. The maximum absolute atomic E-state index is 8.00. The molecule has 0 aliphatic rings. The van der Waals surface area contributed by atoms with E-state index in [1.54, 1.807) is 21.2 Å². The Balaban J connectivity index is -0.0000000446. The van der Waals surface area contributed by atoms with Crippen LogP contribution in [0.2, 0.25) is 0 Å². The first-order chi connectivity index (χ1) is 11.3. The van der Waals surface area contributed by atoms with Crippen LogP contribution in [0.5, 0.6) is 0 Å². The Kier molecular flexibility index (Phi) is 45.9. The van der Waals surface area contributed by atoms with E-state index in [9.17, 15) is 0 Å². The quantitative estimate of drug-likeness (QED) is 0.344. The van der Waals surface area contributed by atoms with Crippen LogP contribution < -0.4 is 0 Å². The minimum Gasteiger partial charge on any atom is -0.307 e. The molecule has 9 heteroatoms. The molecule has 0 amide bonds. The maximum atomic E-state index is 8.00. The summed E-state index contributed by atoms with van der Waals surface area (Å²) in [5, 5.41) is 6.30. The second kappa shape index (κ2) is 27.6. The Labute approximate surface area is 216 Å². The van der Waals surface area contributed by atoms with Crippen LogP contribution in [0.1, 0.15) is 43.4 Å². The van der Waals surface area contributed by atoms with Crippen molar-refractivity contribution in [3.63, 3.8) is 0 Å². The maximum Gasteiger partial charge on any atom is 0.106 e. The molecule has 3 nitrogen and oxygen atoms in total. The van der Waals surface area contributed by atoms with Crippen LogP contribution in [-0.2, 0) is 57.7 Å². The minimum absolute atomic E-state index is 0. The van der Waals surface area contributed by atoms with Crippen molar-refractivity contribution >= 4 is 61.6 Å². The molecule has 0 unspecified atom stereocenters. The first kappa shape index (κ1) is 46.7. The van der Waals surface area contributed by atoms with Crippen LogP contribution in [0.25, 0.3) is 0 Å². The van der Waals surface area contributed by atoms with Gasteiger partial charge in [-0.25, -0.2) is 0 Å². The zero-order valence-corrected chi connectivity index (χ0v) is 25.2. The van der Waals surface area contributed by atoms with E-state index >= 15 is 0 Å². The van der Waals surface area contributed by atoms with Crippen LogP contribution >= 0.6 is 41.2 Å². The molecule has 164 valence electrons. The Hall–Kier alpha value is 0.553. The Morgan fingerprint density at radius 1 is 0.464 bits per heavy atom. The third kappa shape index (κ3) is 16.4. The molecule has 0 atom stereocenters. The van der Waals surface area contributed by atoms with Gasteiger partial charge in [-0.15, -0.1) is 41.2 Å². The van der Waals surface area contributed by atoms with Crippen molar-refractivity contribution in [1.29, 1.82) is 0 Å². The average molecular weight is 590 g/mol. The first-order valence-corrected chi connectivity index (χ1v) is 9.37. The summed E-state index contributed by atoms with van der Waals surface area (Å²) in [6.07, 6.45) is 0. The standard InChI is InChI=1S/2C8H13P.3CH2O.2ClH.Fe.Zr/c2*1-5-6(2)8(4)9-7(5)3;3*1-2;;;;/h2*9H,1-4H3;3*1H2;2*1H;;. The van der Waals surface area contributed by atoms with Crippen molar-refractivity contribution in [2.24, 2.45) is 0 Å². The molecule has 0 radical (unpaired) electrons. The Bertz CT molecular complexity index is 521. The molecular weight excluding hydrogens is 556 g/mol. The summed E-state index contributed by atoms with van der Waals surface area (Å²) in [5.74, 6) is 0. The molecule has 2 heterocycles. The van der Waals surface area contributed by atoms with Gasteiger partial charge in [-0.05, 0) is 98.8 Å². The monoisotopic (exact) mass is 588 g/mol. The summed E-state index contributed by atoms with van der Waals surface area (Å²) in [5.41, 5.74) is 6.08.